The molecular weight excluding hydrogens is 215 g/mol. The van der Waals surface area contributed by atoms with Gasteiger partial charge in [-0.3, -0.25) is 0 Å². The van der Waals surface area contributed by atoms with Crippen LogP contribution in [0.4, 0.5) is 10.3 Å². The van der Waals surface area contributed by atoms with Gasteiger partial charge in [-0.05, 0) is 0 Å². The summed E-state index contributed by atoms with van der Waals surface area (Å²) >= 11 is 0. The van der Waals surface area contributed by atoms with Gasteiger partial charge in [-0.1, -0.05) is 5.16 Å². The Morgan fingerprint density at radius 1 is 1.44 bits per heavy atom. The van der Waals surface area contributed by atoms with E-state index in [4.69, 9.17) is 10.5 Å². The SMILES string of the molecule is COc1cc(F)cc(O)c1-c1cc(N)on1. The van der Waals surface area contributed by atoms with Crippen molar-refractivity contribution in [2.75, 3.05) is 12.8 Å². The number of phenols is 1. The molecule has 5 nitrogen and oxygen atoms in total. The molecule has 16 heavy (non-hydrogen) atoms. The summed E-state index contributed by atoms with van der Waals surface area (Å²) in [5.74, 6) is -0.633. The van der Waals surface area contributed by atoms with Crippen molar-refractivity contribution in [1.29, 1.82) is 0 Å². The van der Waals surface area contributed by atoms with E-state index in [1.807, 2.05) is 0 Å². The summed E-state index contributed by atoms with van der Waals surface area (Å²) in [6.45, 7) is 0. The summed E-state index contributed by atoms with van der Waals surface area (Å²) in [6.07, 6.45) is 0. The van der Waals surface area contributed by atoms with Crippen molar-refractivity contribution >= 4 is 5.88 Å². The molecule has 0 aliphatic heterocycles. The lowest BCUT2D eigenvalue weighted by Gasteiger charge is -2.07. The first-order valence-electron chi connectivity index (χ1n) is 4.41. The van der Waals surface area contributed by atoms with Crippen LogP contribution in [0.25, 0.3) is 11.3 Å². The molecule has 2 rings (SSSR count). The Balaban J connectivity index is 2.63. The van der Waals surface area contributed by atoms with Gasteiger partial charge in [0, 0.05) is 18.2 Å². The second-order valence-corrected chi connectivity index (χ2v) is 3.12. The first-order valence-corrected chi connectivity index (χ1v) is 4.41. The number of nitrogens with zero attached hydrogens (tertiary/aromatic N) is 1. The Kier molecular flexibility index (Phi) is 2.40. The van der Waals surface area contributed by atoms with Gasteiger partial charge in [-0.25, -0.2) is 4.39 Å². The number of aromatic nitrogens is 1. The Hall–Kier alpha value is -2.24. The van der Waals surface area contributed by atoms with E-state index in [9.17, 15) is 9.50 Å². The molecule has 0 aliphatic carbocycles. The molecule has 6 heteroatoms. The van der Waals surface area contributed by atoms with Crippen LogP contribution in [0, 0.1) is 5.82 Å². The maximum absolute atomic E-state index is 13.0. The summed E-state index contributed by atoms with van der Waals surface area (Å²) in [5, 5.41) is 13.2. The molecule has 1 aromatic heterocycles. The molecule has 0 unspecified atom stereocenters. The Bertz CT molecular complexity index is 525. The van der Waals surface area contributed by atoms with Crippen molar-refractivity contribution in [3.05, 3.63) is 24.0 Å². The van der Waals surface area contributed by atoms with E-state index in [-0.39, 0.29) is 28.6 Å². The molecular formula is C10H9FN2O3. The standard InChI is InChI=1S/C10H9FN2O3/c1-15-8-3-5(11)2-7(14)10(8)6-4-9(12)16-13-6/h2-4,14H,12H2,1H3. The maximum Gasteiger partial charge on any atom is 0.222 e. The summed E-state index contributed by atoms with van der Waals surface area (Å²) < 4.78 is 22.6. The summed E-state index contributed by atoms with van der Waals surface area (Å²) in [5.41, 5.74) is 5.89. The van der Waals surface area contributed by atoms with Crippen LogP contribution in [0.1, 0.15) is 0 Å². The maximum atomic E-state index is 13.0. The van der Waals surface area contributed by atoms with Crippen molar-refractivity contribution < 1.29 is 18.8 Å². The molecule has 0 bridgehead atoms. The highest BCUT2D eigenvalue weighted by molar-refractivity contribution is 5.74. The van der Waals surface area contributed by atoms with E-state index < -0.39 is 5.82 Å². The second-order valence-electron chi connectivity index (χ2n) is 3.12. The van der Waals surface area contributed by atoms with Gasteiger partial charge in [-0.2, -0.15) is 0 Å². The van der Waals surface area contributed by atoms with Crippen LogP contribution in [0.15, 0.2) is 22.7 Å². The molecule has 0 saturated carbocycles. The number of hydrogen-bond donors (Lipinski definition) is 2. The molecule has 84 valence electrons. The average molecular weight is 224 g/mol. The topological polar surface area (TPSA) is 81.5 Å². The molecule has 0 saturated heterocycles. The third-order valence-electron chi connectivity index (χ3n) is 2.05. The zero-order chi connectivity index (χ0) is 11.7. The molecule has 3 N–H and O–H groups in total. The van der Waals surface area contributed by atoms with Gasteiger partial charge in [-0.15, -0.1) is 0 Å². The van der Waals surface area contributed by atoms with Crippen molar-refractivity contribution in [2.45, 2.75) is 0 Å². The number of hydrogen-bond acceptors (Lipinski definition) is 5. The van der Waals surface area contributed by atoms with Gasteiger partial charge >= 0.3 is 0 Å². The van der Waals surface area contributed by atoms with Crippen molar-refractivity contribution in [3.8, 4) is 22.8 Å². The second kappa shape index (κ2) is 3.73. The van der Waals surface area contributed by atoms with Gasteiger partial charge in [0.1, 0.15) is 23.0 Å². The van der Waals surface area contributed by atoms with E-state index in [0.717, 1.165) is 12.1 Å². The first kappa shape index (κ1) is 10.3. The van der Waals surface area contributed by atoms with Crippen LogP contribution in [-0.2, 0) is 0 Å². The molecule has 2 aromatic rings. The molecule has 0 atom stereocenters. The lowest BCUT2D eigenvalue weighted by molar-refractivity contribution is 0.402. The Labute approximate surface area is 90.2 Å². The first-order chi connectivity index (χ1) is 7.61. The Morgan fingerprint density at radius 2 is 2.19 bits per heavy atom. The number of methoxy groups -OCH3 is 1. The molecule has 1 heterocycles. The lowest BCUT2D eigenvalue weighted by Crippen LogP contribution is -1.90. The van der Waals surface area contributed by atoms with Crippen LogP contribution in [0.3, 0.4) is 0 Å². The van der Waals surface area contributed by atoms with E-state index in [1.165, 1.54) is 13.2 Å². The van der Waals surface area contributed by atoms with E-state index in [1.54, 1.807) is 0 Å². The fourth-order valence-corrected chi connectivity index (χ4v) is 1.39. The molecule has 1 aromatic carbocycles. The fourth-order valence-electron chi connectivity index (χ4n) is 1.39. The van der Waals surface area contributed by atoms with Gasteiger partial charge in [0.25, 0.3) is 0 Å². The average Bonchev–Trinajstić information content (AvgIpc) is 2.63. The number of anilines is 1. The largest absolute Gasteiger partial charge is 0.507 e. The van der Waals surface area contributed by atoms with E-state index in [2.05, 4.69) is 9.68 Å². The molecule has 0 amide bonds. The van der Waals surface area contributed by atoms with Crippen molar-refractivity contribution in [2.24, 2.45) is 0 Å². The van der Waals surface area contributed by atoms with Crippen LogP contribution in [0.2, 0.25) is 0 Å². The van der Waals surface area contributed by atoms with Crippen LogP contribution in [-0.4, -0.2) is 17.4 Å². The normalized spacial score (nSPS) is 10.4. The van der Waals surface area contributed by atoms with Crippen LogP contribution in [0.5, 0.6) is 11.5 Å². The predicted octanol–water partition coefficient (Wildman–Crippen LogP) is 1.78. The minimum absolute atomic E-state index is 0.0979. The minimum Gasteiger partial charge on any atom is -0.507 e. The zero-order valence-electron chi connectivity index (χ0n) is 8.40. The van der Waals surface area contributed by atoms with E-state index >= 15 is 0 Å². The van der Waals surface area contributed by atoms with Gasteiger partial charge in [0.15, 0.2) is 0 Å². The highest BCUT2D eigenvalue weighted by Crippen LogP contribution is 2.38. The zero-order valence-corrected chi connectivity index (χ0v) is 8.40. The molecule has 0 aliphatic rings. The highest BCUT2D eigenvalue weighted by Gasteiger charge is 2.16. The lowest BCUT2D eigenvalue weighted by atomic mass is 10.1. The number of aromatic hydroxyl groups is 1. The summed E-state index contributed by atoms with van der Waals surface area (Å²) in [7, 11) is 1.36. The fraction of sp³-hybridized carbons (Fsp3) is 0.100. The number of rotatable bonds is 2. The number of halogens is 1. The van der Waals surface area contributed by atoms with E-state index in [0.29, 0.717) is 0 Å². The summed E-state index contributed by atoms with van der Waals surface area (Å²) in [6, 6.07) is 3.51. The molecule has 0 fully saturated rings. The van der Waals surface area contributed by atoms with Gasteiger partial charge in [0.05, 0.1) is 12.7 Å². The molecule has 0 radical (unpaired) electrons. The third-order valence-corrected chi connectivity index (χ3v) is 2.05. The number of nitrogen functional groups attached to an aromatic ring is 1. The van der Waals surface area contributed by atoms with Crippen LogP contribution < -0.4 is 10.5 Å². The quantitative estimate of drug-likeness (QED) is 0.812. The number of ether oxygens (including phenoxy) is 1. The van der Waals surface area contributed by atoms with Gasteiger partial charge < -0.3 is 20.1 Å². The summed E-state index contributed by atoms with van der Waals surface area (Å²) in [4.78, 5) is 0. The smallest absolute Gasteiger partial charge is 0.222 e. The van der Waals surface area contributed by atoms with Crippen molar-refractivity contribution in [3.63, 3.8) is 0 Å². The van der Waals surface area contributed by atoms with Crippen molar-refractivity contribution in [1.82, 2.24) is 5.16 Å². The van der Waals surface area contributed by atoms with Gasteiger partial charge in [0.2, 0.25) is 5.88 Å². The third kappa shape index (κ3) is 1.65. The number of nitrogens with two attached hydrogens (primary N) is 1. The monoisotopic (exact) mass is 224 g/mol. The number of phenolic OH excluding ortho intramolecular Hbond substituents is 1. The molecule has 0 spiro atoms. The minimum atomic E-state index is -0.602. The number of benzene rings is 1. The van der Waals surface area contributed by atoms with Crippen LogP contribution >= 0.6 is 0 Å². The Morgan fingerprint density at radius 3 is 2.75 bits per heavy atom. The highest BCUT2D eigenvalue weighted by atomic mass is 19.1. The predicted molar refractivity (Wildman–Crippen MR) is 54.5 cm³/mol.